The maximum absolute atomic E-state index is 12.8. The summed E-state index contributed by atoms with van der Waals surface area (Å²) < 4.78 is 39.0. The van der Waals surface area contributed by atoms with Crippen molar-refractivity contribution in [1.82, 2.24) is 19.8 Å². The zero-order valence-electron chi connectivity index (χ0n) is 11.1. The molecule has 2 aromatic heterocycles. The summed E-state index contributed by atoms with van der Waals surface area (Å²) in [5, 5.41) is 13.6. The van der Waals surface area contributed by atoms with Crippen LogP contribution in [-0.4, -0.2) is 26.4 Å². The molecule has 0 saturated carbocycles. The van der Waals surface area contributed by atoms with Gasteiger partial charge in [-0.25, -0.2) is 0 Å². The number of hydrogen-bond acceptors (Lipinski definition) is 4. The predicted molar refractivity (Wildman–Crippen MR) is 70.8 cm³/mol. The highest BCUT2D eigenvalue weighted by molar-refractivity contribution is 5.44. The summed E-state index contributed by atoms with van der Waals surface area (Å²) in [5.41, 5.74) is 0.0773. The molecular weight excluding hydrogens is 283 g/mol. The second-order valence-corrected chi connectivity index (χ2v) is 5.04. The van der Waals surface area contributed by atoms with Crippen molar-refractivity contribution in [1.29, 1.82) is 0 Å². The van der Waals surface area contributed by atoms with E-state index in [0.29, 0.717) is 18.3 Å². The van der Waals surface area contributed by atoms with E-state index in [1.54, 1.807) is 6.07 Å². The van der Waals surface area contributed by atoms with Gasteiger partial charge in [0.2, 0.25) is 0 Å². The summed E-state index contributed by atoms with van der Waals surface area (Å²) in [6.07, 6.45) is 2.81. The van der Waals surface area contributed by atoms with Gasteiger partial charge in [-0.2, -0.15) is 17.7 Å². The van der Waals surface area contributed by atoms with Crippen molar-refractivity contribution in [2.24, 2.45) is 5.92 Å². The van der Waals surface area contributed by atoms with Crippen molar-refractivity contribution in [2.45, 2.75) is 25.4 Å². The largest absolute Gasteiger partial charge is 0.453 e. The number of rotatable bonds is 3. The average molecular weight is 297 g/mol. The fourth-order valence-corrected chi connectivity index (χ4v) is 2.35. The van der Waals surface area contributed by atoms with Crippen molar-refractivity contribution in [3.05, 3.63) is 30.1 Å². The van der Waals surface area contributed by atoms with Crippen LogP contribution in [0.1, 0.15) is 25.1 Å². The molecule has 3 rings (SSSR count). The van der Waals surface area contributed by atoms with Gasteiger partial charge in [0.1, 0.15) is 5.82 Å². The molecule has 2 heterocycles. The Kier molecular flexibility index (Phi) is 3.52. The Morgan fingerprint density at radius 1 is 1.24 bits per heavy atom. The molecule has 2 aromatic rings. The third kappa shape index (κ3) is 2.98. The van der Waals surface area contributed by atoms with Crippen LogP contribution in [0, 0.1) is 5.92 Å². The maximum Gasteiger partial charge on any atom is 0.453 e. The van der Waals surface area contributed by atoms with Crippen LogP contribution in [0.4, 0.5) is 19.0 Å². The Labute approximate surface area is 118 Å². The van der Waals surface area contributed by atoms with Crippen LogP contribution >= 0.6 is 0 Å². The molecule has 1 N–H and O–H groups in total. The monoisotopic (exact) mass is 297 g/mol. The van der Waals surface area contributed by atoms with Gasteiger partial charge in [0.25, 0.3) is 5.82 Å². The van der Waals surface area contributed by atoms with Crippen LogP contribution in [0.25, 0.3) is 5.65 Å². The number of anilines is 1. The maximum atomic E-state index is 12.8. The first-order valence-electron chi connectivity index (χ1n) is 6.72. The van der Waals surface area contributed by atoms with Crippen molar-refractivity contribution in [3.8, 4) is 0 Å². The van der Waals surface area contributed by atoms with E-state index in [0.717, 1.165) is 23.8 Å². The number of nitrogens with zero attached hydrogens (tertiary/aromatic N) is 4. The van der Waals surface area contributed by atoms with Crippen LogP contribution in [-0.2, 0) is 6.18 Å². The van der Waals surface area contributed by atoms with Crippen LogP contribution in [0.5, 0.6) is 0 Å². The molecule has 1 aliphatic rings. The quantitative estimate of drug-likeness (QED) is 0.885. The van der Waals surface area contributed by atoms with E-state index in [4.69, 9.17) is 0 Å². The van der Waals surface area contributed by atoms with Crippen molar-refractivity contribution < 1.29 is 13.2 Å². The van der Waals surface area contributed by atoms with Gasteiger partial charge in [-0.15, -0.1) is 15.3 Å². The SMILES string of the molecule is FC(F)(F)c1nnc2ccc(NC[C@@H]3CC=CCC3)nn12. The standard InChI is InChI=1S/C13H14F3N5/c14-13(15,16)12-19-18-11-7-6-10(20-21(11)12)17-8-9-4-2-1-3-5-9/h1-2,6-7,9H,3-5,8H2,(H,17,20)/t9-/m1/s1. The molecule has 8 heteroatoms. The Bertz CT molecular complexity index is 661. The fraction of sp³-hybridized carbons (Fsp3) is 0.462. The highest BCUT2D eigenvalue weighted by atomic mass is 19.4. The highest BCUT2D eigenvalue weighted by Gasteiger charge is 2.37. The number of nitrogens with one attached hydrogen (secondary N) is 1. The van der Waals surface area contributed by atoms with Crippen LogP contribution in [0.2, 0.25) is 0 Å². The van der Waals surface area contributed by atoms with Crippen LogP contribution in [0.3, 0.4) is 0 Å². The van der Waals surface area contributed by atoms with Crippen LogP contribution < -0.4 is 5.32 Å². The molecule has 1 aliphatic carbocycles. The number of allylic oxidation sites excluding steroid dienone is 2. The molecule has 0 aromatic carbocycles. The van der Waals surface area contributed by atoms with E-state index in [-0.39, 0.29) is 5.65 Å². The second-order valence-electron chi connectivity index (χ2n) is 5.04. The lowest BCUT2D eigenvalue weighted by molar-refractivity contribution is -0.146. The molecule has 21 heavy (non-hydrogen) atoms. The Hall–Kier alpha value is -2.12. The van der Waals surface area contributed by atoms with Gasteiger partial charge in [0.15, 0.2) is 5.65 Å². The van der Waals surface area contributed by atoms with Gasteiger partial charge in [0, 0.05) is 6.54 Å². The lowest BCUT2D eigenvalue weighted by Gasteiger charge is -2.18. The molecule has 0 bridgehead atoms. The third-order valence-electron chi connectivity index (χ3n) is 3.47. The van der Waals surface area contributed by atoms with Crippen LogP contribution in [0.15, 0.2) is 24.3 Å². The van der Waals surface area contributed by atoms with Gasteiger partial charge in [-0.05, 0) is 37.3 Å². The summed E-state index contributed by atoms with van der Waals surface area (Å²) >= 11 is 0. The topological polar surface area (TPSA) is 55.1 Å². The number of hydrogen-bond donors (Lipinski definition) is 1. The van der Waals surface area contributed by atoms with Gasteiger partial charge in [-0.3, -0.25) is 0 Å². The summed E-state index contributed by atoms with van der Waals surface area (Å²) in [6, 6.07) is 3.08. The van der Waals surface area contributed by atoms with E-state index in [1.807, 2.05) is 0 Å². The Morgan fingerprint density at radius 3 is 2.81 bits per heavy atom. The number of halogens is 3. The van der Waals surface area contributed by atoms with E-state index in [2.05, 4.69) is 32.8 Å². The third-order valence-corrected chi connectivity index (χ3v) is 3.47. The van der Waals surface area contributed by atoms with Crippen molar-refractivity contribution >= 4 is 11.5 Å². The zero-order valence-corrected chi connectivity index (χ0v) is 11.1. The van der Waals surface area contributed by atoms with E-state index in [9.17, 15) is 13.2 Å². The lowest BCUT2D eigenvalue weighted by Crippen LogP contribution is -2.17. The molecule has 0 radical (unpaired) electrons. The molecular formula is C13H14F3N5. The molecule has 5 nitrogen and oxygen atoms in total. The summed E-state index contributed by atoms with van der Waals surface area (Å²) in [6.45, 7) is 0.687. The Morgan fingerprint density at radius 2 is 2.10 bits per heavy atom. The molecule has 1 atom stereocenters. The van der Waals surface area contributed by atoms with Gasteiger partial charge in [-0.1, -0.05) is 12.2 Å². The first-order valence-corrected chi connectivity index (χ1v) is 6.72. The minimum Gasteiger partial charge on any atom is -0.368 e. The summed E-state index contributed by atoms with van der Waals surface area (Å²) in [5.74, 6) is -0.236. The predicted octanol–water partition coefficient (Wildman–Crippen LogP) is 2.91. The first kappa shape index (κ1) is 13.8. The minimum absolute atomic E-state index is 0.0773. The molecule has 0 unspecified atom stereocenters. The molecule has 0 spiro atoms. The Balaban J connectivity index is 1.78. The lowest BCUT2D eigenvalue weighted by atomic mass is 9.94. The van der Waals surface area contributed by atoms with E-state index < -0.39 is 12.0 Å². The van der Waals surface area contributed by atoms with Gasteiger partial charge >= 0.3 is 6.18 Å². The highest BCUT2D eigenvalue weighted by Crippen LogP contribution is 2.27. The molecule has 0 aliphatic heterocycles. The van der Waals surface area contributed by atoms with Crippen molar-refractivity contribution in [2.75, 3.05) is 11.9 Å². The van der Waals surface area contributed by atoms with E-state index in [1.165, 1.54) is 6.07 Å². The molecule has 0 fully saturated rings. The zero-order chi connectivity index (χ0) is 14.9. The van der Waals surface area contributed by atoms with Crippen molar-refractivity contribution in [3.63, 3.8) is 0 Å². The fourth-order valence-electron chi connectivity index (χ4n) is 2.35. The number of fused-ring (bicyclic) bond motifs is 1. The molecule has 112 valence electrons. The minimum atomic E-state index is -4.57. The number of alkyl halides is 3. The summed E-state index contributed by atoms with van der Waals surface area (Å²) in [7, 11) is 0. The van der Waals surface area contributed by atoms with E-state index >= 15 is 0 Å². The first-order chi connectivity index (χ1) is 10.0. The van der Waals surface area contributed by atoms with Gasteiger partial charge < -0.3 is 5.32 Å². The van der Waals surface area contributed by atoms with Gasteiger partial charge in [0.05, 0.1) is 0 Å². The number of aromatic nitrogens is 4. The summed E-state index contributed by atoms with van der Waals surface area (Å²) in [4.78, 5) is 0. The second kappa shape index (κ2) is 5.34. The molecule has 0 saturated heterocycles. The normalized spacial score (nSPS) is 19.1. The smallest absolute Gasteiger partial charge is 0.368 e. The average Bonchev–Trinajstić information content (AvgIpc) is 2.89. The molecule has 0 amide bonds.